The van der Waals surface area contributed by atoms with Gasteiger partial charge in [0.05, 0.1) is 41.2 Å². The van der Waals surface area contributed by atoms with E-state index in [4.69, 9.17) is 20.4 Å². The van der Waals surface area contributed by atoms with Gasteiger partial charge in [0.15, 0.2) is 5.65 Å². The Bertz CT molecular complexity index is 1270. The topological polar surface area (TPSA) is 102 Å². The monoisotopic (exact) mass is 501 g/mol. The van der Waals surface area contributed by atoms with Gasteiger partial charge in [0, 0.05) is 29.9 Å². The van der Waals surface area contributed by atoms with Gasteiger partial charge in [0.25, 0.3) is 0 Å². The summed E-state index contributed by atoms with van der Waals surface area (Å²) in [7, 11) is 0. The Balaban J connectivity index is 1.36. The molecule has 4 saturated carbocycles. The van der Waals surface area contributed by atoms with Gasteiger partial charge in [-0.2, -0.15) is 18.2 Å². The van der Waals surface area contributed by atoms with Crippen molar-refractivity contribution in [2.45, 2.75) is 82.7 Å². The molecule has 192 valence electrons. The van der Waals surface area contributed by atoms with E-state index in [1.807, 2.05) is 25.7 Å². The molecule has 8 nitrogen and oxygen atoms in total. The average molecular weight is 502 g/mol. The van der Waals surface area contributed by atoms with Crippen molar-refractivity contribution in [3.05, 3.63) is 28.9 Å². The molecule has 7 rings (SSSR count). The lowest BCUT2D eigenvalue weighted by Crippen LogP contribution is -2.70. The zero-order valence-electron chi connectivity index (χ0n) is 20.6. The third kappa shape index (κ3) is 3.65. The summed E-state index contributed by atoms with van der Waals surface area (Å²) in [5.74, 6) is 0.441. The fourth-order valence-electron chi connectivity index (χ4n) is 5.90. The fourth-order valence-corrected chi connectivity index (χ4v) is 5.90. The van der Waals surface area contributed by atoms with Crippen molar-refractivity contribution in [3.8, 4) is 0 Å². The molecule has 0 aromatic carbocycles. The Hall–Kier alpha value is -2.82. The number of hydrogen-bond donors (Lipinski definition) is 1. The van der Waals surface area contributed by atoms with Crippen LogP contribution in [0.4, 0.5) is 19.1 Å². The molecule has 3 heterocycles. The van der Waals surface area contributed by atoms with Crippen LogP contribution in [0.1, 0.15) is 56.1 Å². The molecule has 1 aliphatic heterocycles. The summed E-state index contributed by atoms with van der Waals surface area (Å²) < 4.78 is 47.0. The molecule has 2 aromatic heterocycles. The molecule has 2 aromatic rings. The highest BCUT2D eigenvalue weighted by Gasteiger charge is 2.79. The minimum Gasteiger partial charge on any atom is -0.404 e. The summed E-state index contributed by atoms with van der Waals surface area (Å²) in [5, 5.41) is 0. The molecule has 1 saturated heterocycles. The molecule has 11 heteroatoms. The quantitative estimate of drug-likeness (QED) is 0.624. The Labute approximate surface area is 207 Å². The maximum absolute atomic E-state index is 13.6. The first kappa shape index (κ1) is 23.6. The highest BCUT2D eigenvalue weighted by atomic mass is 19.4. The van der Waals surface area contributed by atoms with Crippen LogP contribution >= 0.6 is 0 Å². The van der Waals surface area contributed by atoms with Crippen molar-refractivity contribution >= 4 is 23.3 Å². The van der Waals surface area contributed by atoms with Crippen molar-refractivity contribution in [2.24, 2.45) is 16.1 Å². The summed E-state index contributed by atoms with van der Waals surface area (Å²) in [6.45, 7) is 6.66. The zero-order valence-corrected chi connectivity index (χ0v) is 20.6. The molecule has 2 atom stereocenters. The SMILES string of the molecule is Cc1nc2nc(N3C[C@@H](C)O[C@H](/C(C=NC4CC4)=C/N)C3)nc(C34CC(C(F)(F)F)(C3)C4)c2nc1C. The second kappa shape index (κ2) is 7.84. The molecule has 5 fully saturated rings. The standard InChI is InChI=1S/C25H30F3N7O/c1-13-8-35(9-18(36-13)16(6-29)7-30-17-4-5-17)22-33-20(19-21(34-22)32-15(3)14(2)31-19)23-10-24(11-23,12-23)25(26,27)28/h6-7,13,17-18H,4-5,8-12,29H2,1-3H3/b16-6+,30-7?/t13-,18+,23?,24?/m1/s1. The summed E-state index contributed by atoms with van der Waals surface area (Å²) in [5.41, 5.74) is 7.47. The number of fused-ring (bicyclic) bond motifs is 1. The Morgan fingerprint density at radius 3 is 2.42 bits per heavy atom. The number of rotatable bonds is 5. The molecule has 2 N–H and O–H groups in total. The van der Waals surface area contributed by atoms with E-state index < -0.39 is 17.0 Å². The second-order valence-corrected chi connectivity index (χ2v) is 11.0. The molecule has 36 heavy (non-hydrogen) atoms. The number of aryl methyl sites for hydroxylation is 2. The lowest BCUT2D eigenvalue weighted by molar-refractivity contribution is -0.337. The molecule has 0 amide bonds. The number of aromatic nitrogens is 4. The third-order valence-electron chi connectivity index (χ3n) is 8.15. The lowest BCUT2D eigenvalue weighted by Gasteiger charge is -2.70. The maximum atomic E-state index is 13.6. The van der Waals surface area contributed by atoms with Gasteiger partial charge in [-0.15, -0.1) is 0 Å². The van der Waals surface area contributed by atoms with E-state index in [1.165, 1.54) is 6.20 Å². The van der Waals surface area contributed by atoms with Crippen molar-refractivity contribution in [1.82, 2.24) is 19.9 Å². The normalized spacial score (nSPS) is 32.6. The number of alkyl halides is 3. The number of anilines is 1. The van der Waals surface area contributed by atoms with E-state index in [1.54, 1.807) is 6.21 Å². The molecule has 2 bridgehead atoms. The van der Waals surface area contributed by atoms with E-state index >= 15 is 0 Å². The van der Waals surface area contributed by atoms with Crippen LogP contribution in [0, 0.1) is 19.3 Å². The van der Waals surface area contributed by atoms with Gasteiger partial charge < -0.3 is 15.4 Å². The summed E-state index contributed by atoms with van der Waals surface area (Å²) in [4.78, 5) is 25.5. The molecule has 5 aliphatic rings. The molecular formula is C25H30F3N7O. The fraction of sp³-hybridized carbons (Fsp3) is 0.640. The maximum Gasteiger partial charge on any atom is 0.394 e. The number of halogens is 3. The van der Waals surface area contributed by atoms with Crippen LogP contribution in [0.2, 0.25) is 0 Å². The van der Waals surface area contributed by atoms with Crippen molar-refractivity contribution in [3.63, 3.8) is 0 Å². The summed E-state index contributed by atoms with van der Waals surface area (Å²) in [6.07, 6.45) is 0.982. The van der Waals surface area contributed by atoms with Crippen LogP contribution in [0.5, 0.6) is 0 Å². The summed E-state index contributed by atoms with van der Waals surface area (Å²) >= 11 is 0. The van der Waals surface area contributed by atoms with E-state index in [0.717, 1.165) is 29.8 Å². The number of morpholine rings is 1. The predicted octanol–water partition coefficient (Wildman–Crippen LogP) is 3.69. The van der Waals surface area contributed by atoms with Crippen molar-refractivity contribution in [1.29, 1.82) is 0 Å². The van der Waals surface area contributed by atoms with Crippen molar-refractivity contribution < 1.29 is 17.9 Å². The van der Waals surface area contributed by atoms with Gasteiger partial charge in [-0.25, -0.2) is 15.0 Å². The van der Waals surface area contributed by atoms with E-state index in [0.29, 0.717) is 41.9 Å². The minimum absolute atomic E-state index is 0.0451. The number of nitrogens with zero attached hydrogens (tertiary/aromatic N) is 6. The van der Waals surface area contributed by atoms with Crippen LogP contribution < -0.4 is 10.6 Å². The average Bonchev–Trinajstić information content (AvgIpc) is 3.56. The molecular weight excluding hydrogens is 471 g/mol. The van der Waals surface area contributed by atoms with Gasteiger partial charge in [-0.05, 0) is 52.9 Å². The van der Waals surface area contributed by atoms with Crippen LogP contribution in [0.25, 0.3) is 11.2 Å². The van der Waals surface area contributed by atoms with Crippen LogP contribution in [-0.2, 0) is 10.2 Å². The number of nitrogens with two attached hydrogens (primary N) is 1. The second-order valence-electron chi connectivity index (χ2n) is 11.0. The van der Waals surface area contributed by atoms with Gasteiger partial charge in [-0.3, -0.25) is 4.99 Å². The van der Waals surface area contributed by atoms with E-state index in [-0.39, 0.29) is 31.5 Å². The van der Waals surface area contributed by atoms with Gasteiger partial charge in [-0.1, -0.05) is 0 Å². The van der Waals surface area contributed by atoms with Crippen LogP contribution in [0.15, 0.2) is 16.8 Å². The molecule has 4 aliphatic carbocycles. The largest absolute Gasteiger partial charge is 0.404 e. The molecule has 0 unspecified atom stereocenters. The van der Waals surface area contributed by atoms with Crippen molar-refractivity contribution in [2.75, 3.05) is 18.0 Å². The minimum atomic E-state index is -4.20. The highest BCUT2D eigenvalue weighted by molar-refractivity contribution is 5.80. The molecule has 0 radical (unpaired) electrons. The third-order valence-corrected chi connectivity index (χ3v) is 8.15. The van der Waals surface area contributed by atoms with Gasteiger partial charge in [0.2, 0.25) is 5.95 Å². The van der Waals surface area contributed by atoms with Gasteiger partial charge in [0.1, 0.15) is 11.6 Å². The zero-order chi connectivity index (χ0) is 25.5. The smallest absolute Gasteiger partial charge is 0.394 e. The van der Waals surface area contributed by atoms with Crippen LogP contribution in [0.3, 0.4) is 0 Å². The number of aliphatic imine (C=N–C) groups is 1. The Kier molecular flexibility index (Phi) is 5.13. The highest BCUT2D eigenvalue weighted by Crippen LogP contribution is 2.78. The molecule has 0 spiro atoms. The summed E-state index contributed by atoms with van der Waals surface area (Å²) in [6, 6.07) is 0.363. The Morgan fingerprint density at radius 2 is 1.78 bits per heavy atom. The number of ether oxygens (including phenoxy) is 1. The van der Waals surface area contributed by atoms with E-state index in [9.17, 15) is 13.2 Å². The number of hydrogen-bond acceptors (Lipinski definition) is 8. The first-order valence-corrected chi connectivity index (χ1v) is 12.5. The van der Waals surface area contributed by atoms with E-state index in [2.05, 4.69) is 15.0 Å². The predicted molar refractivity (Wildman–Crippen MR) is 129 cm³/mol. The Morgan fingerprint density at radius 1 is 1.08 bits per heavy atom. The lowest BCUT2D eigenvalue weighted by atomic mass is 9.34. The first-order valence-electron chi connectivity index (χ1n) is 12.5. The van der Waals surface area contributed by atoms with Gasteiger partial charge >= 0.3 is 6.18 Å². The van der Waals surface area contributed by atoms with Crippen LogP contribution in [-0.4, -0.2) is 63.7 Å². The first-order chi connectivity index (χ1) is 17.0.